The van der Waals surface area contributed by atoms with Crippen molar-refractivity contribution in [3.05, 3.63) is 206 Å². The van der Waals surface area contributed by atoms with Gasteiger partial charge in [0.15, 0.2) is 17.5 Å². The quantitative estimate of drug-likeness (QED) is 0.168. The van der Waals surface area contributed by atoms with E-state index < -0.39 is 0 Å². The molecule has 0 fully saturated rings. The second-order valence-corrected chi connectivity index (χ2v) is 17.0. The van der Waals surface area contributed by atoms with Crippen molar-refractivity contribution in [2.24, 2.45) is 0 Å². The molecular weight excluding hydrogens is 773 g/mol. The Morgan fingerprint density at radius 1 is 0.306 bits per heavy atom. The number of fused-ring (bicyclic) bond motifs is 6. The average molecular weight is 807 g/mol. The maximum absolute atomic E-state index is 5.53. The molecular formula is C57H34N4S. The maximum Gasteiger partial charge on any atom is 0.164 e. The van der Waals surface area contributed by atoms with Crippen LogP contribution in [0.3, 0.4) is 0 Å². The van der Waals surface area contributed by atoms with E-state index >= 15 is 0 Å². The second kappa shape index (κ2) is 13.8. The molecule has 0 spiro atoms. The molecule has 13 rings (SSSR count). The lowest BCUT2D eigenvalue weighted by Crippen LogP contribution is -2.01. The zero-order valence-electron chi connectivity index (χ0n) is 33.3. The van der Waals surface area contributed by atoms with Crippen LogP contribution in [0.25, 0.3) is 126 Å². The zero-order chi connectivity index (χ0) is 40.7. The van der Waals surface area contributed by atoms with Crippen molar-refractivity contribution in [1.82, 2.24) is 19.4 Å². The molecule has 288 valence electrons. The summed E-state index contributed by atoms with van der Waals surface area (Å²) in [6.07, 6.45) is 0. The Bertz CT molecular complexity index is 3790. The molecule has 0 aliphatic rings. The number of nitrogens with zero attached hydrogens (tertiary/aromatic N) is 4. The molecule has 62 heavy (non-hydrogen) atoms. The van der Waals surface area contributed by atoms with E-state index in [2.05, 4.69) is 211 Å². The van der Waals surface area contributed by atoms with Crippen LogP contribution < -0.4 is 0 Å². The molecule has 9 aromatic carbocycles. The number of aromatic nitrogens is 4. The third kappa shape index (κ3) is 5.42. The fourth-order valence-corrected chi connectivity index (χ4v) is 10.8. The highest BCUT2D eigenvalue weighted by molar-refractivity contribution is 7.26. The van der Waals surface area contributed by atoms with E-state index in [1.54, 1.807) is 0 Å². The highest BCUT2D eigenvalue weighted by atomic mass is 32.1. The van der Waals surface area contributed by atoms with Crippen LogP contribution >= 0.6 is 11.3 Å². The molecule has 0 aliphatic heterocycles. The minimum absolute atomic E-state index is 0.621. The van der Waals surface area contributed by atoms with Crippen LogP contribution in [0, 0.1) is 0 Å². The summed E-state index contributed by atoms with van der Waals surface area (Å²) < 4.78 is 4.96. The van der Waals surface area contributed by atoms with E-state index in [9.17, 15) is 0 Å². The average Bonchev–Trinajstić information content (AvgIpc) is 3.86. The van der Waals surface area contributed by atoms with Crippen LogP contribution in [-0.4, -0.2) is 19.4 Å². The number of rotatable bonds is 6. The van der Waals surface area contributed by atoms with Crippen molar-refractivity contribution >= 4 is 69.6 Å². The van der Waals surface area contributed by atoms with Gasteiger partial charge in [0, 0.05) is 53.0 Å². The highest BCUT2D eigenvalue weighted by Crippen LogP contribution is 2.49. The third-order valence-corrected chi connectivity index (χ3v) is 13.4. The standard InChI is InChI=1S/C57H34N4S/c1-4-16-35(17-5-1)38-22-14-23-39(30-38)55-58-56(42-32-40(36-18-6-2-7-19-36)31-41(33-42)37-20-8-3-9-21-37)60-57(59-55)46-34-50-53-52-44(26-15-29-49(52)62-50)43-24-10-12-27-47(43)61-48-28-13-11-25-45(48)51(46)54(53)61/h1-34H. The van der Waals surface area contributed by atoms with Gasteiger partial charge in [0.2, 0.25) is 0 Å². The lowest BCUT2D eigenvalue weighted by Gasteiger charge is -2.13. The van der Waals surface area contributed by atoms with Gasteiger partial charge in [0.25, 0.3) is 0 Å². The Labute approximate surface area is 361 Å². The van der Waals surface area contributed by atoms with E-state index in [0.717, 1.165) is 61.0 Å². The van der Waals surface area contributed by atoms with Crippen molar-refractivity contribution in [3.8, 4) is 67.5 Å². The van der Waals surface area contributed by atoms with E-state index in [4.69, 9.17) is 15.0 Å². The van der Waals surface area contributed by atoms with Crippen molar-refractivity contribution in [3.63, 3.8) is 0 Å². The monoisotopic (exact) mass is 806 g/mol. The minimum Gasteiger partial charge on any atom is -0.308 e. The molecule has 0 saturated heterocycles. The third-order valence-electron chi connectivity index (χ3n) is 12.3. The topological polar surface area (TPSA) is 43.1 Å². The molecule has 4 aromatic heterocycles. The SMILES string of the molecule is c1ccc(-c2cccc(-c3nc(-c4cc(-c5ccccc5)cc(-c5ccccc5)c4)nc(-c4cc5sc6cccc7c8ccccc8n8c9ccccc9c4c8c5c67)n3)c2)cc1. The van der Waals surface area contributed by atoms with Crippen molar-refractivity contribution in [2.45, 2.75) is 0 Å². The van der Waals surface area contributed by atoms with Crippen molar-refractivity contribution in [1.29, 1.82) is 0 Å². The van der Waals surface area contributed by atoms with E-state index in [1.165, 1.54) is 47.4 Å². The van der Waals surface area contributed by atoms with Gasteiger partial charge in [-0.15, -0.1) is 11.3 Å². The molecule has 0 saturated carbocycles. The minimum atomic E-state index is 0.621. The van der Waals surface area contributed by atoms with Crippen molar-refractivity contribution < 1.29 is 0 Å². The summed E-state index contributed by atoms with van der Waals surface area (Å²) in [5.74, 6) is 1.89. The van der Waals surface area contributed by atoms with Gasteiger partial charge in [0.05, 0.1) is 16.6 Å². The van der Waals surface area contributed by atoms with E-state index in [-0.39, 0.29) is 0 Å². The van der Waals surface area contributed by atoms with Gasteiger partial charge in [-0.05, 0) is 87.3 Å². The molecule has 0 bridgehead atoms. The first-order chi connectivity index (χ1) is 30.7. The normalized spacial score (nSPS) is 11.9. The van der Waals surface area contributed by atoms with Crippen LogP contribution in [0.1, 0.15) is 0 Å². The molecule has 13 aromatic rings. The fourth-order valence-electron chi connectivity index (χ4n) is 9.58. The molecule has 5 heteroatoms. The van der Waals surface area contributed by atoms with Crippen LogP contribution in [0.2, 0.25) is 0 Å². The van der Waals surface area contributed by atoms with Crippen molar-refractivity contribution in [2.75, 3.05) is 0 Å². The van der Waals surface area contributed by atoms with Crippen LogP contribution in [0.15, 0.2) is 206 Å². The second-order valence-electron chi connectivity index (χ2n) is 16.0. The Morgan fingerprint density at radius 3 is 1.48 bits per heavy atom. The zero-order valence-corrected chi connectivity index (χ0v) is 34.1. The Kier molecular flexibility index (Phi) is 7.74. The molecule has 0 radical (unpaired) electrons. The Hall–Kier alpha value is -7.99. The number of hydrogen-bond acceptors (Lipinski definition) is 4. The van der Waals surface area contributed by atoms with Gasteiger partial charge in [-0.1, -0.05) is 158 Å². The summed E-state index contributed by atoms with van der Waals surface area (Å²) >= 11 is 1.84. The van der Waals surface area contributed by atoms with E-state index in [0.29, 0.717) is 17.5 Å². The summed E-state index contributed by atoms with van der Waals surface area (Å²) in [4.78, 5) is 16.4. The Balaban J connectivity index is 1.15. The van der Waals surface area contributed by atoms with Gasteiger partial charge < -0.3 is 4.40 Å². The summed E-state index contributed by atoms with van der Waals surface area (Å²) in [6, 6.07) is 73.6. The lowest BCUT2D eigenvalue weighted by atomic mass is 9.95. The van der Waals surface area contributed by atoms with Gasteiger partial charge in [-0.25, -0.2) is 15.0 Å². The number of hydrogen-bond donors (Lipinski definition) is 0. The highest BCUT2D eigenvalue weighted by Gasteiger charge is 2.25. The summed E-state index contributed by atoms with van der Waals surface area (Å²) in [5.41, 5.74) is 13.1. The lowest BCUT2D eigenvalue weighted by molar-refractivity contribution is 1.08. The predicted molar refractivity (Wildman–Crippen MR) is 260 cm³/mol. The van der Waals surface area contributed by atoms with Gasteiger partial charge in [0.1, 0.15) is 0 Å². The molecule has 0 atom stereocenters. The molecule has 0 unspecified atom stereocenters. The summed E-state index contributed by atoms with van der Waals surface area (Å²) in [5, 5.41) is 7.39. The van der Waals surface area contributed by atoms with Gasteiger partial charge >= 0.3 is 0 Å². The smallest absolute Gasteiger partial charge is 0.164 e. The molecule has 4 heterocycles. The molecule has 0 amide bonds. The summed E-state index contributed by atoms with van der Waals surface area (Å²) in [6.45, 7) is 0. The van der Waals surface area contributed by atoms with E-state index in [1.807, 2.05) is 11.3 Å². The van der Waals surface area contributed by atoms with Crippen LogP contribution in [-0.2, 0) is 0 Å². The Morgan fingerprint density at radius 2 is 0.790 bits per heavy atom. The molecule has 0 aliphatic carbocycles. The largest absolute Gasteiger partial charge is 0.308 e. The van der Waals surface area contributed by atoms with Crippen LogP contribution in [0.5, 0.6) is 0 Å². The van der Waals surface area contributed by atoms with Gasteiger partial charge in [-0.2, -0.15) is 0 Å². The number of thiophene rings is 1. The first kappa shape index (κ1) is 34.8. The molecule has 4 nitrogen and oxygen atoms in total. The number of para-hydroxylation sites is 2. The maximum atomic E-state index is 5.53. The first-order valence-corrected chi connectivity index (χ1v) is 21.7. The summed E-state index contributed by atoms with van der Waals surface area (Å²) in [7, 11) is 0. The fraction of sp³-hybridized carbons (Fsp3) is 0. The van der Waals surface area contributed by atoms with Crippen LogP contribution in [0.4, 0.5) is 0 Å². The predicted octanol–water partition coefficient (Wildman–Crippen LogP) is 15.4. The van der Waals surface area contributed by atoms with Gasteiger partial charge in [-0.3, -0.25) is 0 Å². The number of benzene rings is 9. The first-order valence-electron chi connectivity index (χ1n) is 20.9. The molecule has 0 N–H and O–H groups in total.